The Morgan fingerprint density at radius 1 is 1.38 bits per heavy atom. The molecule has 0 unspecified atom stereocenters. The molecule has 0 aromatic carbocycles. The molecule has 88 valence electrons. The van der Waals surface area contributed by atoms with Crippen LogP contribution in [0.15, 0.2) is 18.3 Å². The minimum Gasteiger partial charge on any atom is -0.397 e. The first-order valence-electron chi connectivity index (χ1n) is 5.19. The summed E-state index contributed by atoms with van der Waals surface area (Å²) in [7, 11) is -2.81. The molecule has 2 N–H and O–H groups in total. The second kappa shape index (κ2) is 4.39. The molecule has 1 aromatic rings. The van der Waals surface area contributed by atoms with E-state index >= 15 is 0 Å². The number of hydrogen-bond acceptors (Lipinski definition) is 5. The minimum atomic E-state index is -2.81. The fraction of sp³-hybridized carbons (Fsp3) is 0.500. The predicted octanol–water partition coefficient (Wildman–Crippen LogP) is -0.106. The zero-order valence-electron chi connectivity index (χ0n) is 8.96. The molecule has 0 amide bonds. The molecule has 1 aromatic heterocycles. The number of nitrogens with two attached hydrogens (primary N) is 1. The molecule has 1 fully saturated rings. The molecule has 0 aliphatic carbocycles. The van der Waals surface area contributed by atoms with Gasteiger partial charge in [-0.1, -0.05) is 0 Å². The summed E-state index contributed by atoms with van der Waals surface area (Å²) in [6, 6.07) is 3.60. The third kappa shape index (κ3) is 2.70. The van der Waals surface area contributed by atoms with Crippen molar-refractivity contribution in [2.75, 3.05) is 30.3 Å². The van der Waals surface area contributed by atoms with Crippen LogP contribution in [0.5, 0.6) is 0 Å². The maximum absolute atomic E-state index is 11.2. The second-order valence-corrected chi connectivity index (χ2v) is 6.27. The van der Waals surface area contributed by atoms with Crippen LogP contribution in [0.2, 0.25) is 0 Å². The lowest BCUT2D eigenvalue weighted by Crippen LogP contribution is -2.39. The van der Waals surface area contributed by atoms with Gasteiger partial charge in [0.25, 0.3) is 0 Å². The first-order chi connectivity index (χ1) is 7.57. The summed E-state index contributed by atoms with van der Waals surface area (Å²) in [4.78, 5) is 6.26. The number of aromatic nitrogens is 1. The average Bonchev–Trinajstić information content (AvgIpc) is 2.24. The van der Waals surface area contributed by atoms with Gasteiger partial charge < -0.3 is 5.73 Å². The summed E-state index contributed by atoms with van der Waals surface area (Å²) in [5.74, 6) is 0.472. The summed E-state index contributed by atoms with van der Waals surface area (Å²) < 4.78 is 22.5. The van der Waals surface area contributed by atoms with E-state index in [1.54, 1.807) is 12.3 Å². The maximum Gasteiger partial charge on any atom is 0.152 e. The van der Waals surface area contributed by atoms with Crippen LogP contribution in [0.4, 0.5) is 5.69 Å². The molecule has 2 rings (SSSR count). The van der Waals surface area contributed by atoms with Crippen LogP contribution in [0.3, 0.4) is 0 Å². The van der Waals surface area contributed by atoms with E-state index in [0.29, 0.717) is 25.3 Å². The Morgan fingerprint density at radius 3 is 2.69 bits per heavy atom. The topological polar surface area (TPSA) is 76.3 Å². The van der Waals surface area contributed by atoms with Gasteiger partial charge in [0.1, 0.15) is 0 Å². The molecule has 2 heterocycles. The van der Waals surface area contributed by atoms with E-state index in [2.05, 4.69) is 9.88 Å². The fourth-order valence-corrected chi connectivity index (χ4v) is 2.98. The first-order valence-corrected chi connectivity index (χ1v) is 7.01. The van der Waals surface area contributed by atoms with Crippen molar-refractivity contribution in [3.8, 4) is 0 Å². The highest BCUT2D eigenvalue weighted by molar-refractivity contribution is 7.91. The predicted molar refractivity (Wildman–Crippen MR) is 62.6 cm³/mol. The number of pyridine rings is 1. The zero-order valence-corrected chi connectivity index (χ0v) is 9.78. The maximum atomic E-state index is 11.2. The summed E-state index contributed by atoms with van der Waals surface area (Å²) in [6.07, 6.45) is 1.70. The van der Waals surface area contributed by atoms with Gasteiger partial charge in [-0.25, -0.2) is 8.42 Å². The fourth-order valence-electron chi connectivity index (χ4n) is 1.70. The molecule has 0 bridgehead atoms. The van der Waals surface area contributed by atoms with E-state index < -0.39 is 9.84 Å². The number of rotatable bonds is 2. The van der Waals surface area contributed by atoms with Crippen LogP contribution in [0.25, 0.3) is 0 Å². The van der Waals surface area contributed by atoms with Gasteiger partial charge in [-0.15, -0.1) is 0 Å². The van der Waals surface area contributed by atoms with Crippen molar-refractivity contribution in [3.63, 3.8) is 0 Å². The van der Waals surface area contributed by atoms with Crippen molar-refractivity contribution in [3.05, 3.63) is 24.0 Å². The largest absolute Gasteiger partial charge is 0.397 e. The van der Waals surface area contributed by atoms with E-state index in [9.17, 15) is 8.42 Å². The van der Waals surface area contributed by atoms with Crippen molar-refractivity contribution in [1.29, 1.82) is 0 Å². The summed E-state index contributed by atoms with van der Waals surface area (Å²) >= 11 is 0. The van der Waals surface area contributed by atoms with Gasteiger partial charge in [-0.05, 0) is 12.1 Å². The summed E-state index contributed by atoms with van der Waals surface area (Å²) in [5, 5.41) is 0. The lowest BCUT2D eigenvalue weighted by Gasteiger charge is -2.26. The van der Waals surface area contributed by atoms with E-state index in [1.165, 1.54) is 0 Å². The number of nitrogen functional groups attached to an aromatic ring is 1. The molecular formula is C10H15N3O2S. The first kappa shape index (κ1) is 11.3. The highest BCUT2D eigenvalue weighted by Gasteiger charge is 2.22. The molecule has 5 nitrogen and oxygen atoms in total. The minimum absolute atomic E-state index is 0.236. The quantitative estimate of drug-likeness (QED) is 0.782. The van der Waals surface area contributed by atoms with E-state index in [4.69, 9.17) is 5.73 Å². The Labute approximate surface area is 95.2 Å². The second-order valence-electron chi connectivity index (χ2n) is 3.97. The van der Waals surface area contributed by atoms with Crippen molar-refractivity contribution >= 4 is 15.5 Å². The monoisotopic (exact) mass is 241 g/mol. The van der Waals surface area contributed by atoms with E-state index in [1.807, 2.05) is 6.07 Å². The molecule has 0 atom stereocenters. The lowest BCUT2D eigenvalue weighted by atomic mass is 10.3. The van der Waals surface area contributed by atoms with Crippen LogP contribution >= 0.6 is 0 Å². The molecule has 1 aliphatic rings. The number of anilines is 1. The third-order valence-corrected chi connectivity index (χ3v) is 4.35. The summed E-state index contributed by atoms with van der Waals surface area (Å²) in [5.41, 5.74) is 7.27. The van der Waals surface area contributed by atoms with Crippen molar-refractivity contribution in [2.24, 2.45) is 0 Å². The molecule has 1 saturated heterocycles. The Morgan fingerprint density at radius 2 is 2.06 bits per heavy atom. The Hall–Kier alpha value is -1.14. The highest BCUT2D eigenvalue weighted by Crippen LogP contribution is 2.12. The Kier molecular flexibility index (Phi) is 3.11. The molecule has 0 spiro atoms. The molecule has 0 radical (unpaired) electrons. The van der Waals surface area contributed by atoms with Gasteiger partial charge >= 0.3 is 0 Å². The average molecular weight is 241 g/mol. The standard InChI is InChI=1S/C10H15N3O2S/c11-9-2-1-3-12-10(9)8-13-4-6-16(14,15)7-5-13/h1-3H,4-8,11H2. The van der Waals surface area contributed by atoms with Crippen LogP contribution < -0.4 is 5.73 Å². The summed E-state index contributed by atoms with van der Waals surface area (Å²) in [6.45, 7) is 1.76. The van der Waals surface area contributed by atoms with Crippen molar-refractivity contribution in [2.45, 2.75) is 6.54 Å². The Balaban J connectivity index is 2.00. The molecule has 0 saturated carbocycles. The molecule has 6 heteroatoms. The highest BCUT2D eigenvalue weighted by atomic mass is 32.2. The number of hydrogen-bond donors (Lipinski definition) is 1. The van der Waals surface area contributed by atoms with Gasteiger partial charge in [-0.2, -0.15) is 0 Å². The zero-order chi connectivity index (χ0) is 11.6. The van der Waals surface area contributed by atoms with Gasteiger partial charge in [0, 0.05) is 25.8 Å². The van der Waals surface area contributed by atoms with Gasteiger partial charge in [0.05, 0.1) is 22.9 Å². The van der Waals surface area contributed by atoms with Crippen LogP contribution in [-0.4, -0.2) is 42.9 Å². The molecule has 16 heavy (non-hydrogen) atoms. The Bertz CT molecular complexity index is 459. The van der Waals surface area contributed by atoms with Gasteiger partial charge in [0.2, 0.25) is 0 Å². The van der Waals surface area contributed by atoms with Crippen LogP contribution in [0.1, 0.15) is 5.69 Å². The SMILES string of the molecule is Nc1cccnc1CN1CCS(=O)(=O)CC1. The normalized spacial score (nSPS) is 20.8. The van der Waals surface area contributed by atoms with E-state index in [0.717, 1.165) is 5.69 Å². The van der Waals surface area contributed by atoms with Crippen LogP contribution in [-0.2, 0) is 16.4 Å². The lowest BCUT2D eigenvalue weighted by molar-refractivity contribution is 0.285. The molecule has 1 aliphatic heterocycles. The smallest absolute Gasteiger partial charge is 0.152 e. The van der Waals surface area contributed by atoms with Crippen LogP contribution in [0, 0.1) is 0 Å². The third-order valence-electron chi connectivity index (χ3n) is 2.74. The number of nitrogens with zero attached hydrogens (tertiary/aromatic N) is 2. The number of sulfone groups is 1. The van der Waals surface area contributed by atoms with E-state index in [-0.39, 0.29) is 11.5 Å². The van der Waals surface area contributed by atoms with Crippen molar-refractivity contribution < 1.29 is 8.42 Å². The van der Waals surface area contributed by atoms with Crippen molar-refractivity contribution in [1.82, 2.24) is 9.88 Å². The molecular weight excluding hydrogens is 226 g/mol. The van der Waals surface area contributed by atoms with Gasteiger partial charge in [0.15, 0.2) is 9.84 Å². The van der Waals surface area contributed by atoms with Gasteiger partial charge in [-0.3, -0.25) is 9.88 Å².